The van der Waals surface area contributed by atoms with Crippen LogP contribution in [0.25, 0.3) is 0 Å². The number of unbranched alkanes of at least 4 members (excludes halogenated alkanes) is 2. The number of hydrogen-bond donors (Lipinski definition) is 0. The molecule has 2 nitrogen and oxygen atoms in total. The molecule has 0 rings (SSSR count). The van der Waals surface area contributed by atoms with E-state index in [0.29, 0.717) is 0 Å². The van der Waals surface area contributed by atoms with Crippen molar-refractivity contribution in [1.82, 2.24) is 9.80 Å². The van der Waals surface area contributed by atoms with Gasteiger partial charge in [-0.25, -0.2) is 0 Å². The molecule has 96 valence electrons. The van der Waals surface area contributed by atoms with Gasteiger partial charge < -0.3 is 9.80 Å². The fourth-order valence-electron chi connectivity index (χ4n) is 2.16. The Morgan fingerprint density at radius 1 is 0.750 bits per heavy atom. The first kappa shape index (κ1) is 15.3. The van der Waals surface area contributed by atoms with Gasteiger partial charge in [-0.05, 0) is 31.3 Å². The quantitative estimate of drug-likeness (QED) is 0.622. The van der Waals surface area contributed by atoms with Crippen LogP contribution >= 0.6 is 0 Å². The molecule has 0 amide bonds. The van der Waals surface area contributed by atoms with Crippen molar-refractivity contribution < 1.29 is 0 Å². The molecular formula is C14H30N2. The van der Waals surface area contributed by atoms with E-state index in [1.165, 1.54) is 44.3 Å². The Kier molecular flexibility index (Phi) is 8.14. The van der Waals surface area contributed by atoms with E-state index in [2.05, 4.69) is 51.8 Å². The molecule has 0 bridgehead atoms. The molecule has 0 aliphatic carbocycles. The van der Waals surface area contributed by atoms with E-state index in [9.17, 15) is 0 Å². The summed E-state index contributed by atoms with van der Waals surface area (Å²) in [5, 5.41) is 0. The van der Waals surface area contributed by atoms with Gasteiger partial charge in [0.2, 0.25) is 0 Å². The fourth-order valence-corrected chi connectivity index (χ4v) is 2.16. The second-order valence-corrected chi connectivity index (χ2v) is 4.92. The Hall–Kier alpha value is -0.660. The number of nitrogens with zero attached hydrogens (tertiary/aromatic N) is 2. The van der Waals surface area contributed by atoms with E-state index in [1.54, 1.807) is 5.57 Å². The highest BCUT2D eigenvalue weighted by atomic mass is 15.3. The predicted octanol–water partition coefficient (Wildman–Crippen LogP) is 3.70. The lowest BCUT2D eigenvalue weighted by Gasteiger charge is -2.28. The normalized spacial score (nSPS) is 10.1. The van der Waals surface area contributed by atoms with Crippen LogP contribution in [0.4, 0.5) is 0 Å². The molecule has 0 aromatic heterocycles. The summed E-state index contributed by atoms with van der Waals surface area (Å²) < 4.78 is 0. The van der Waals surface area contributed by atoms with Gasteiger partial charge in [-0.2, -0.15) is 0 Å². The molecule has 0 aromatic rings. The van der Waals surface area contributed by atoms with Gasteiger partial charge in [0.25, 0.3) is 0 Å². The van der Waals surface area contributed by atoms with Crippen molar-refractivity contribution in [3.8, 4) is 0 Å². The maximum absolute atomic E-state index is 2.27. The molecule has 2 heteroatoms. The van der Waals surface area contributed by atoms with Gasteiger partial charge in [0.1, 0.15) is 5.82 Å². The smallest absolute Gasteiger partial charge is 0.102 e. The van der Waals surface area contributed by atoms with Crippen molar-refractivity contribution in [3.63, 3.8) is 0 Å². The SMILES string of the molecule is CCCCC(CCCC)=C(N(C)C)N(C)C. The van der Waals surface area contributed by atoms with Crippen LogP contribution in [0.5, 0.6) is 0 Å². The largest absolute Gasteiger partial charge is 0.364 e. The first-order valence-corrected chi connectivity index (χ1v) is 6.61. The van der Waals surface area contributed by atoms with Crippen LogP contribution in [-0.2, 0) is 0 Å². The molecule has 0 heterocycles. The van der Waals surface area contributed by atoms with Gasteiger partial charge in [-0.3, -0.25) is 0 Å². The topological polar surface area (TPSA) is 6.48 Å². The molecule has 0 saturated carbocycles. The first-order chi connectivity index (χ1) is 7.54. The molecule has 0 fully saturated rings. The first-order valence-electron chi connectivity index (χ1n) is 6.61. The fraction of sp³-hybridized carbons (Fsp3) is 0.857. The lowest BCUT2D eigenvalue weighted by molar-refractivity contribution is 0.330. The van der Waals surface area contributed by atoms with Crippen LogP contribution in [0.3, 0.4) is 0 Å². The van der Waals surface area contributed by atoms with Crippen molar-refractivity contribution in [2.75, 3.05) is 28.2 Å². The molecular weight excluding hydrogens is 196 g/mol. The van der Waals surface area contributed by atoms with E-state index >= 15 is 0 Å². The molecule has 0 unspecified atom stereocenters. The highest BCUT2D eigenvalue weighted by Gasteiger charge is 2.10. The van der Waals surface area contributed by atoms with Gasteiger partial charge in [0, 0.05) is 28.2 Å². The molecule has 0 aliphatic heterocycles. The van der Waals surface area contributed by atoms with Gasteiger partial charge in [0.15, 0.2) is 0 Å². The summed E-state index contributed by atoms with van der Waals surface area (Å²) in [6, 6.07) is 0. The molecule has 16 heavy (non-hydrogen) atoms. The summed E-state index contributed by atoms with van der Waals surface area (Å²) in [4.78, 5) is 4.50. The van der Waals surface area contributed by atoms with Crippen molar-refractivity contribution >= 4 is 0 Å². The molecule has 0 aromatic carbocycles. The zero-order valence-corrected chi connectivity index (χ0v) is 12.1. The van der Waals surface area contributed by atoms with Crippen molar-refractivity contribution in [3.05, 3.63) is 11.4 Å². The number of rotatable bonds is 8. The highest BCUT2D eigenvalue weighted by molar-refractivity contribution is 5.11. The maximum Gasteiger partial charge on any atom is 0.102 e. The summed E-state index contributed by atoms with van der Waals surface area (Å²) in [7, 11) is 8.58. The second kappa shape index (κ2) is 8.49. The Morgan fingerprint density at radius 2 is 1.12 bits per heavy atom. The molecule has 0 atom stereocenters. The lowest BCUT2D eigenvalue weighted by Crippen LogP contribution is -2.26. The van der Waals surface area contributed by atoms with E-state index in [4.69, 9.17) is 0 Å². The number of allylic oxidation sites excluding steroid dienone is 1. The van der Waals surface area contributed by atoms with Crippen molar-refractivity contribution in [1.29, 1.82) is 0 Å². The van der Waals surface area contributed by atoms with Gasteiger partial charge in [-0.15, -0.1) is 0 Å². The van der Waals surface area contributed by atoms with Crippen LogP contribution in [0.15, 0.2) is 11.4 Å². The standard InChI is InChI=1S/C14H30N2/c1-7-9-11-13(12-10-8-2)14(15(3)4)16(5)6/h7-12H2,1-6H3. The predicted molar refractivity (Wildman–Crippen MR) is 73.5 cm³/mol. The van der Waals surface area contributed by atoms with Gasteiger partial charge >= 0.3 is 0 Å². The summed E-state index contributed by atoms with van der Waals surface area (Å²) in [5.74, 6) is 1.40. The second-order valence-electron chi connectivity index (χ2n) is 4.92. The lowest BCUT2D eigenvalue weighted by atomic mass is 10.0. The maximum atomic E-state index is 2.27. The van der Waals surface area contributed by atoms with Crippen LogP contribution in [0.1, 0.15) is 52.4 Å². The highest BCUT2D eigenvalue weighted by Crippen LogP contribution is 2.21. The van der Waals surface area contributed by atoms with Crippen molar-refractivity contribution in [2.24, 2.45) is 0 Å². The minimum absolute atomic E-state index is 1.25. The van der Waals surface area contributed by atoms with Crippen LogP contribution in [0.2, 0.25) is 0 Å². The third-order valence-corrected chi connectivity index (χ3v) is 2.83. The minimum atomic E-state index is 1.25. The van der Waals surface area contributed by atoms with E-state index < -0.39 is 0 Å². The molecule has 0 saturated heterocycles. The third-order valence-electron chi connectivity index (χ3n) is 2.83. The monoisotopic (exact) mass is 226 g/mol. The van der Waals surface area contributed by atoms with E-state index in [1.807, 2.05) is 0 Å². The average Bonchev–Trinajstić information content (AvgIpc) is 2.20. The van der Waals surface area contributed by atoms with Crippen LogP contribution < -0.4 is 0 Å². The zero-order chi connectivity index (χ0) is 12.6. The molecule has 0 radical (unpaired) electrons. The Labute approximate surface area is 102 Å². The Bertz CT molecular complexity index is 185. The third kappa shape index (κ3) is 5.43. The van der Waals surface area contributed by atoms with Gasteiger partial charge in [-0.1, -0.05) is 26.7 Å². The molecule has 0 aliphatic rings. The van der Waals surface area contributed by atoms with E-state index in [-0.39, 0.29) is 0 Å². The summed E-state index contributed by atoms with van der Waals surface area (Å²) in [5.41, 5.74) is 1.62. The number of hydrogen-bond acceptors (Lipinski definition) is 2. The Morgan fingerprint density at radius 3 is 1.38 bits per heavy atom. The van der Waals surface area contributed by atoms with E-state index in [0.717, 1.165) is 0 Å². The zero-order valence-electron chi connectivity index (χ0n) is 12.1. The Balaban J connectivity index is 4.79. The van der Waals surface area contributed by atoms with Gasteiger partial charge in [0.05, 0.1) is 0 Å². The van der Waals surface area contributed by atoms with Crippen LogP contribution in [0, 0.1) is 0 Å². The average molecular weight is 226 g/mol. The minimum Gasteiger partial charge on any atom is -0.364 e. The summed E-state index contributed by atoms with van der Waals surface area (Å²) in [6.07, 6.45) is 7.69. The molecule has 0 spiro atoms. The van der Waals surface area contributed by atoms with Crippen LogP contribution in [-0.4, -0.2) is 38.0 Å². The summed E-state index contributed by atoms with van der Waals surface area (Å²) in [6.45, 7) is 4.53. The summed E-state index contributed by atoms with van der Waals surface area (Å²) >= 11 is 0. The van der Waals surface area contributed by atoms with Crippen molar-refractivity contribution in [2.45, 2.75) is 52.4 Å². The molecule has 0 N–H and O–H groups in total.